The molecule has 0 aliphatic rings. The van der Waals surface area contributed by atoms with E-state index in [9.17, 15) is 9.59 Å². The predicted molar refractivity (Wildman–Crippen MR) is 129 cm³/mol. The van der Waals surface area contributed by atoms with Gasteiger partial charge in [0.25, 0.3) is 11.5 Å². The quantitative estimate of drug-likeness (QED) is 0.268. The summed E-state index contributed by atoms with van der Waals surface area (Å²) in [5.41, 5.74) is 2.29. The Morgan fingerprint density at radius 3 is 2.88 bits per heavy atom. The average molecular weight is 495 g/mol. The number of fused-ring (bicyclic) bond motifs is 1. The number of carbonyl (C=O) groups is 1. The van der Waals surface area contributed by atoms with E-state index >= 15 is 0 Å². The van der Waals surface area contributed by atoms with E-state index in [4.69, 9.17) is 9.47 Å². The molecule has 0 spiro atoms. The third-order valence-corrected chi connectivity index (χ3v) is 6.37. The molecule has 0 bridgehead atoms. The molecule has 172 valence electrons. The number of amides is 1. The van der Waals surface area contributed by atoms with Crippen molar-refractivity contribution in [2.45, 2.75) is 6.54 Å². The average Bonchev–Trinajstić information content (AvgIpc) is 3.62. The highest BCUT2D eigenvalue weighted by Crippen LogP contribution is 2.31. The van der Waals surface area contributed by atoms with Crippen LogP contribution in [0.5, 0.6) is 11.8 Å². The SMILES string of the molecule is O=C(NCc1cccc(OCCOc2nc[nH]n2)c1)c1nc2scc(-c3ccsc3)c2c(=O)[nH]1. The van der Waals surface area contributed by atoms with Gasteiger partial charge in [0.2, 0.25) is 5.82 Å². The number of rotatable bonds is 9. The van der Waals surface area contributed by atoms with Crippen LogP contribution >= 0.6 is 22.7 Å². The molecule has 0 fully saturated rings. The zero-order valence-electron chi connectivity index (χ0n) is 17.6. The van der Waals surface area contributed by atoms with Crippen LogP contribution in [0.15, 0.2) is 57.6 Å². The summed E-state index contributed by atoms with van der Waals surface area (Å²) in [5.74, 6) is 0.154. The Labute approximate surface area is 200 Å². The van der Waals surface area contributed by atoms with E-state index in [2.05, 4.69) is 30.5 Å². The first-order chi connectivity index (χ1) is 16.7. The summed E-state index contributed by atoms with van der Waals surface area (Å²) in [6, 6.07) is 9.54. The van der Waals surface area contributed by atoms with Crippen LogP contribution < -0.4 is 20.3 Å². The molecule has 0 aliphatic heterocycles. The normalized spacial score (nSPS) is 10.9. The van der Waals surface area contributed by atoms with Gasteiger partial charge >= 0.3 is 6.01 Å². The molecule has 0 unspecified atom stereocenters. The minimum Gasteiger partial charge on any atom is -0.490 e. The van der Waals surface area contributed by atoms with Crippen LogP contribution in [0.2, 0.25) is 0 Å². The van der Waals surface area contributed by atoms with Gasteiger partial charge in [0, 0.05) is 17.5 Å². The summed E-state index contributed by atoms with van der Waals surface area (Å²) in [5, 5.41) is 15.5. The molecule has 1 aromatic carbocycles. The highest BCUT2D eigenvalue weighted by atomic mass is 32.1. The lowest BCUT2D eigenvalue weighted by Crippen LogP contribution is -2.27. The highest BCUT2D eigenvalue weighted by molar-refractivity contribution is 7.17. The molecule has 0 saturated heterocycles. The molecule has 4 heterocycles. The van der Waals surface area contributed by atoms with Gasteiger partial charge in [-0.1, -0.05) is 12.1 Å². The molecule has 10 nitrogen and oxygen atoms in total. The molecular formula is C22H18N6O4S2. The van der Waals surface area contributed by atoms with Crippen molar-refractivity contribution in [2.75, 3.05) is 13.2 Å². The van der Waals surface area contributed by atoms with Gasteiger partial charge in [0.15, 0.2) is 0 Å². The summed E-state index contributed by atoms with van der Waals surface area (Å²) >= 11 is 2.90. The molecule has 3 N–H and O–H groups in total. The second-order valence-corrected chi connectivity index (χ2v) is 8.70. The van der Waals surface area contributed by atoms with Crippen LogP contribution in [0.4, 0.5) is 0 Å². The number of nitrogens with one attached hydrogen (secondary N) is 3. The summed E-state index contributed by atoms with van der Waals surface area (Å²) in [6.07, 6.45) is 1.43. The van der Waals surface area contributed by atoms with E-state index in [1.54, 1.807) is 11.3 Å². The molecule has 5 aromatic rings. The van der Waals surface area contributed by atoms with Gasteiger partial charge in [-0.3, -0.25) is 14.7 Å². The molecule has 0 aliphatic carbocycles. The fraction of sp³-hybridized carbons (Fsp3) is 0.136. The molecule has 0 atom stereocenters. The van der Waals surface area contributed by atoms with Crippen molar-refractivity contribution in [3.63, 3.8) is 0 Å². The molecule has 0 radical (unpaired) electrons. The molecular weight excluding hydrogens is 476 g/mol. The number of aromatic nitrogens is 5. The number of hydrogen-bond donors (Lipinski definition) is 3. The van der Waals surface area contributed by atoms with Crippen LogP contribution in [-0.2, 0) is 6.54 Å². The fourth-order valence-electron chi connectivity index (χ4n) is 3.26. The van der Waals surface area contributed by atoms with Crippen LogP contribution in [0.25, 0.3) is 21.3 Å². The van der Waals surface area contributed by atoms with E-state index in [1.165, 1.54) is 17.7 Å². The van der Waals surface area contributed by atoms with Gasteiger partial charge < -0.3 is 19.8 Å². The molecule has 4 aromatic heterocycles. The zero-order chi connectivity index (χ0) is 23.3. The number of carbonyl (C=O) groups excluding carboxylic acids is 1. The predicted octanol–water partition coefficient (Wildman–Crippen LogP) is 3.22. The maximum atomic E-state index is 12.7. The van der Waals surface area contributed by atoms with Gasteiger partial charge in [0.05, 0.1) is 5.39 Å². The van der Waals surface area contributed by atoms with Gasteiger partial charge in [0.1, 0.15) is 30.1 Å². The Morgan fingerprint density at radius 1 is 1.15 bits per heavy atom. The fourth-order valence-corrected chi connectivity index (χ4v) is 4.86. The Bertz CT molecular complexity index is 1460. The Hall–Kier alpha value is -4.03. The van der Waals surface area contributed by atoms with Crippen molar-refractivity contribution < 1.29 is 14.3 Å². The van der Waals surface area contributed by atoms with E-state index in [0.717, 1.165) is 16.7 Å². The van der Waals surface area contributed by atoms with Crippen LogP contribution in [0, 0.1) is 0 Å². The number of benzene rings is 1. The Morgan fingerprint density at radius 2 is 2.06 bits per heavy atom. The first-order valence-corrected chi connectivity index (χ1v) is 12.0. The van der Waals surface area contributed by atoms with Crippen molar-refractivity contribution in [1.29, 1.82) is 0 Å². The van der Waals surface area contributed by atoms with Crippen LogP contribution in [-0.4, -0.2) is 44.3 Å². The lowest BCUT2D eigenvalue weighted by molar-refractivity contribution is 0.0940. The van der Waals surface area contributed by atoms with Crippen molar-refractivity contribution in [2.24, 2.45) is 0 Å². The van der Waals surface area contributed by atoms with Crippen LogP contribution in [0.1, 0.15) is 16.2 Å². The van der Waals surface area contributed by atoms with Crippen molar-refractivity contribution >= 4 is 38.8 Å². The van der Waals surface area contributed by atoms with Crippen LogP contribution in [0.3, 0.4) is 0 Å². The molecule has 0 saturated carbocycles. The van der Waals surface area contributed by atoms with Crippen molar-refractivity contribution in [3.05, 3.63) is 74.5 Å². The number of H-pyrrole nitrogens is 2. The van der Waals surface area contributed by atoms with E-state index in [0.29, 0.717) is 22.6 Å². The Kier molecular flexibility index (Phi) is 6.31. The summed E-state index contributed by atoms with van der Waals surface area (Å²) in [6.45, 7) is 0.844. The van der Waals surface area contributed by atoms with E-state index in [-0.39, 0.29) is 30.5 Å². The summed E-state index contributed by atoms with van der Waals surface area (Å²) in [4.78, 5) is 36.7. The van der Waals surface area contributed by atoms with E-state index in [1.807, 2.05) is 46.5 Å². The highest BCUT2D eigenvalue weighted by Gasteiger charge is 2.16. The molecule has 1 amide bonds. The van der Waals surface area contributed by atoms with Gasteiger partial charge in [-0.05, 0) is 40.1 Å². The third-order valence-electron chi connectivity index (χ3n) is 4.82. The minimum atomic E-state index is -0.462. The number of aromatic amines is 2. The van der Waals surface area contributed by atoms with Gasteiger partial charge in [-0.25, -0.2) is 4.98 Å². The number of thiophene rings is 2. The minimum absolute atomic E-state index is 0.0206. The molecule has 12 heteroatoms. The monoisotopic (exact) mass is 494 g/mol. The topological polar surface area (TPSA) is 135 Å². The van der Waals surface area contributed by atoms with Crippen molar-refractivity contribution in [1.82, 2.24) is 30.5 Å². The third kappa shape index (κ3) is 4.82. The first-order valence-electron chi connectivity index (χ1n) is 10.2. The van der Waals surface area contributed by atoms with Gasteiger partial charge in [-0.15, -0.1) is 16.4 Å². The molecule has 5 rings (SSSR count). The first kappa shape index (κ1) is 21.8. The summed E-state index contributed by atoms with van der Waals surface area (Å²) < 4.78 is 11.0. The van der Waals surface area contributed by atoms with Crippen molar-refractivity contribution in [3.8, 4) is 22.9 Å². The smallest absolute Gasteiger partial charge is 0.335 e. The number of ether oxygens (including phenoxy) is 2. The molecule has 34 heavy (non-hydrogen) atoms. The number of nitrogens with zero attached hydrogens (tertiary/aromatic N) is 3. The standard InChI is InChI=1S/C22H18N6O4S2/c29-19-17-16(14-4-7-33-10-14)11-34-21(17)27-18(26-19)20(30)23-9-13-2-1-3-15(8-13)31-5-6-32-22-24-12-25-28-22/h1-4,7-8,10-12H,5-6,9H2,(H,23,30)(H,24,25,28)(H,26,27,29). The lowest BCUT2D eigenvalue weighted by Gasteiger charge is -2.09. The zero-order valence-corrected chi connectivity index (χ0v) is 19.2. The Balaban J connectivity index is 1.20. The lowest BCUT2D eigenvalue weighted by atomic mass is 10.1. The summed E-state index contributed by atoms with van der Waals surface area (Å²) in [7, 11) is 0. The maximum absolute atomic E-state index is 12.7. The van der Waals surface area contributed by atoms with Gasteiger partial charge in [-0.2, -0.15) is 16.3 Å². The second-order valence-electron chi connectivity index (χ2n) is 7.06. The second kappa shape index (κ2) is 9.85. The number of hydrogen-bond acceptors (Lipinski definition) is 9. The maximum Gasteiger partial charge on any atom is 0.335 e. The largest absolute Gasteiger partial charge is 0.490 e. The van der Waals surface area contributed by atoms with E-state index < -0.39 is 5.91 Å².